The highest BCUT2D eigenvalue weighted by Gasteiger charge is 2.49. The summed E-state index contributed by atoms with van der Waals surface area (Å²) in [6, 6.07) is 5.02. The predicted octanol–water partition coefficient (Wildman–Crippen LogP) is 6.33. The predicted molar refractivity (Wildman–Crippen MR) is 206 cm³/mol. The number of benzene rings is 1. The first kappa shape index (κ1) is 48.3. The third-order valence-electron chi connectivity index (χ3n) is 8.67. The Labute approximate surface area is 325 Å². The summed E-state index contributed by atoms with van der Waals surface area (Å²) in [5.74, 6) is -2.13. The second-order valence-electron chi connectivity index (χ2n) is 14.6. The maximum absolute atomic E-state index is 13.8. The molecule has 0 bridgehead atoms. The van der Waals surface area contributed by atoms with Crippen molar-refractivity contribution in [2.45, 2.75) is 149 Å². The molecule has 1 amide bonds. The third kappa shape index (κ3) is 19.5. The van der Waals surface area contributed by atoms with Crippen LogP contribution in [0.15, 0.2) is 36.4 Å². The zero-order valence-electron chi connectivity index (χ0n) is 33.3. The lowest BCUT2D eigenvalue weighted by molar-refractivity contribution is -0.192. The molecule has 0 spiro atoms. The zero-order valence-corrected chi connectivity index (χ0v) is 33.3. The lowest BCUT2D eigenvalue weighted by atomic mass is 9.82. The molecule has 4 N–H and O–H groups in total. The quantitative estimate of drug-likeness (QED) is 0.0255. The van der Waals surface area contributed by atoms with Crippen LogP contribution < -0.4 is 10.1 Å². The number of amides is 1. The Morgan fingerprint density at radius 2 is 1.47 bits per heavy atom. The molecule has 1 aromatic carbocycles. The molecule has 0 radical (unpaired) electrons. The Hall–Kier alpha value is -4.70. The van der Waals surface area contributed by atoms with Crippen molar-refractivity contribution in [3.8, 4) is 17.6 Å². The summed E-state index contributed by atoms with van der Waals surface area (Å²) in [6.07, 6.45) is 9.63. The number of aliphatic hydroxyl groups is 1. The van der Waals surface area contributed by atoms with Crippen LogP contribution in [0.1, 0.15) is 131 Å². The van der Waals surface area contributed by atoms with Gasteiger partial charge in [0.15, 0.2) is 5.60 Å². The molecule has 0 aliphatic carbocycles. The van der Waals surface area contributed by atoms with Gasteiger partial charge in [-0.05, 0) is 71.1 Å². The average Bonchev–Trinajstić information content (AvgIpc) is 3.10. The van der Waals surface area contributed by atoms with E-state index >= 15 is 0 Å². The van der Waals surface area contributed by atoms with Crippen LogP contribution in [0.5, 0.6) is 5.75 Å². The number of carbonyl (C=O) groups is 6. The molecule has 0 saturated carbocycles. The minimum atomic E-state index is -3.08. The number of unbranched alkanes of at least 4 members (excludes halogenated alkanes) is 8. The number of hydrogen-bond acceptors (Lipinski definition) is 10. The van der Waals surface area contributed by atoms with Gasteiger partial charge in [0.25, 0.3) is 0 Å². The monoisotopic (exact) mass is 771 g/mol. The van der Waals surface area contributed by atoms with Crippen LogP contribution in [0.2, 0.25) is 0 Å². The minimum absolute atomic E-state index is 0.157. The molecule has 2 unspecified atom stereocenters. The number of carboxylic acid groups (broad SMARTS) is 2. The standard InChI is InChI=1S/C42H61NO12/c1-7-9-11-14-17-20-32(44)21-18-15-12-13-16-19-22-34(42(52,39(49)50)29-36(45)46)37(47)43-35(38(48)54-30(3)55-40(51)41(4,5)6)28-31-23-25-33(26-24-31)53-27-10-8-2/h19,22-26,30,34-35,52H,7,9,11-18,20-21,27-29H2,1-6H3,(H,43,47)(H,45,46)(H,49,50)/b22-19+/t30?,34-,35?,42+/m1/s1. The number of aliphatic carboxylic acids is 2. The van der Waals surface area contributed by atoms with Gasteiger partial charge in [-0.2, -0.15) is 0 Å². The molecule has 0 fully saturated rings. The van der Waals surface area contributed by atoms with Crippen LogP contribution in [-0.2, 0) is 44.7 Å². The molecular formula is C42H61NO12. The van der Waals surface area contributed by atoms with E-state index in [1.54, 1.807) is 52.0 Å². The van der Waals surface area contributed by atoms with Crippen LogP contribution in [0, 0.1) is 23.2 Å². The summed E-state index contributed by atoms with van der Waals surface area (Å²) in [5, 5.41) is 33.1. The van der Waals surface area contributed by atoms with Crippen molar-refractivity contribution in [3.05, 3.63) is 42.0 Å². The molecule has 0 heterocycles. The third-order valence-corrected chi connectivity index (χ3v) is 8.67. The molecule has 0 saturated heterocycles. The van der Waals surface area contributed by atoms with Gasteiger partial charge in [-0.25, -0.2) is 9.59 Å². The number of carbonyl (C=O) groups excluding carboxylic acids is 4. The van der Waals surface area contributed by atoms with Gasteiger partial charge in [0.05, 0.1) is 17.8 Å². The van der Waals surface area contributed by atoms with E-state index in [4.69, 9.17) is 14.2 Å². The van der Waals surface area contributed by atoms with Crippen molar-refractivity contribution in [1.82, 2.24) is 5.32 Å². The number of carboxylic acids is 2. The van der Waals surface area contributed by atoms with E-state index in [9.17, 15) is 44.1 Å². The van der Waals surface area contributed by atoms with Crippen LogP contribution in [0.4, 0.5) is 0 Å². The molecule has 13 nitrogen and oxygen atoms in total. The molecule has 306 valence electrons. The van der Waals surface area contributed by atoms with Crippen LogP contribution >= 0.6 is 0 Å². The number of nitrogens with one attached hydrogen (secondary N) is 1. The molecule has 55 heavy (non-hydrogen) atoms. The van der Waals surface area contributed by atoms with Gasteiger partial charge >= 0.3 is 23.9 Å². The van der Waals surface area contributed by atoms with Crippen LogP contribution in [0.25, 0.3) is 0 Å². The summed E-state index contributed by atoms with van der Waals surface area (Å²) in [4.78, 5) is 75.9. The maximum atomic E-state index is 13.8. The van der Waals surface area contributed by atoms with Gasteiger partial charge in [0.1, 0.15) is 24.2 Å². The maximum Gasteiger partial charge on any atom is 0.337 e. The molecule has 0 aromatic heterocycles. The lowest BCUT2D eigenvalue weighted by Crippen LogP contribution is -2.55. The Bertz CT molecular complexity index is 1480. The fraction of sp³-hybridized carbons (Fsp3) is 0.619. The molecule has 4 atom stereocenters. The average molecular weight is 772 g/mol. The number of esters is 2. The number of allylic oxidation sites excluding steroid dienone is 1. The fourth-order valence-electron chi connectivity index (χ4n) is 5.43. The van der Waals surface area contributed by atoms with Crippen LogP contribution in [0.3, 0.4) is 0 Å². The van der Waals surface area contributed by atoms with Crippen molar-refractivity contribution in [1.29, 1.82) is 0 Å². The van der Waals surface area contributed by atoms with Gasteiger partial charge in [0.2, 0.25) is 12.2 Å². The lowest BCUT2D eigenvalue weighted by Gasteiger charge is -2.30. The number of Topliss-reactive ketones (excluding diaryl/α,β-unsaturated/α-hetero) is 1. The van der Waals surface area contributed by atoms with E-state index in [0.717, 1.165) is 51.0 Å². The van der Waals surface area contributed by atoms with E-state index in [1.165, 1.54) is 19.4 Å². The van der Waals surface area contributed by atoms with Gasteiger partial charge in [-0.15, -0.1) is 5.92 Å². The van der Waals surface area contributed by atoms with E-state index in [2.05, 4.69) is 24.1 Å². The normalized spacial score (nSPS) is 14.0. The number of ketones is 1. The largest absolute Gasteiger partial charge is 0.481 e. The van der Waals surface area contributed by atoms with E-state index in [0.29, 0.717) is 37.0 Å². The Kier molecular flexibility index (Phi) is 22.3. The highest BCUT2D eigenvalue weighted by Crippen LogP contribution is 2.26. The molecule has 1 rings (SSSR count). The smallest absolute Gasteiger partial charge is 0.337 e. The Morgan fingerprint density at radius 3 is 2.02 bits per heavy atom. The van der Waals surface area contributed by atoms with Crippen molar-refractivity contribution in [3.63, 3.8) is 0 Å². The second-order valence-corrected chi connectivity index (χ2v) is 14.6. The summed E-state index contributed by atoms with van der Waals surface area (Å²) < 4.78 is 16.1. The number of ether oxygens (including phenoxy) is 3. The second kappa shape index (κ2) is 25.4. The molecular weight excluding hydrogens is 710 g/mol. The van der Waals surface area contributed by atoms with Crippen molar-refractivity contribution in [2.75, 3.05) is 6.61 Å². The van der Waals surface area contributed by atoms with Gasteiger partial charge in [-0.1, -0.05) is 75.7 Å². The van der Waals surface area contributed by atoms with Crippen molar-refractivity contribution in [2.24, 2.45) is 11.3 Å². The fourth-order valence-corrected chi connectivity index (χ4v) is 5.43. The van der Waals surface area contributed by atoms with Gasteiger partial charge < -0.3 is 34.8 Å². The molecule has 0 aliphatic heterocycles. The minimum Gasteiger partial charge on any atom is -0.481 e. The van der Waals surface area contributed by atoms with Gasteiger partial charge in [0, 0.05) is 26.2 Å². The zero-order chi connectivity index (χ0) is 41.4. The first-order valence-corrected chi connectivity index (χ1v) is 19.1. The first-order valence-electron chi connectivity index (χ1n) is 19.1. The summed E-state index contributed by atoms with van der Waals surface area (Å²) in [5.41, 5.74) is -3.46. The molecule has 0 aliphatic rings. The SMILES string of the molecule is CC#CCOc1ccc(CC(NC(=O)[C@@H](/C=C/CCCCCCC(=O)CCCCCCC)[C@@](O)(CC(=O)O)C(=O)O)C(=O)OC(C)OC(=O)C(C)(C)C)cc1. The summed E-state index contributed by atoms with van der Waals surface area (Å²) >= 11 is 0. The Morgan fingerprint density at radius 1 is 0.873 bits per heavy atom. The molecule has 13 heteroatoms. The molecule has 1 aromatic rings. The van der Waals surface area contributed by atoms with Gasteiger partial charge in [-0.3, -0.25) is 19.2 Å². The van der Waals surface area contributed by atoms with Crippen LogP contribution in [-0.4, -0.2) is 75.4 Å². The first-order chi connectivity index (χ1) is 25.9. The summed E-state index contributed by atoms with van der Waals surface area (Å²) in [7, 11) is 0. The van der Waals surface area contributed by atoms with Crippen molar-refractivity contribution < 1.29 is 58.3 Å². The topological polar surface area (TPSA) is 203 Å². The highest BCUT2D eigenvalue weighted by atomic mass is 16.7. The van der Waals surface area contributed by atoms with E-state index in [1.807, 2.05) is 0 Å². The summed E-state index contributed by atoms with van der Waals surface area (Å²) in [6.45, 7) is 10.1. The Balaban J connectivity index is 3.17. The van der Waals surface area contributed by atoms with E-state index in [-0.39, 0.29) is 18.8 Å². The highest BCUT2D eigenvalue weighted by molar-refractivity contribution is 5.95. The number of rotatable bonds is 27. The van der Waals surface area contributed by atoms with Crippen molar-refractivity contribution >= 4 is 35.6 Å². The number of hydrogen-bond donors (Lipinski definition) is 4. The van der Waals surface area contributed by atoms with E-state index < -0.39 is 65.5 Å².